The van der Waals surface area contributed by atoms with E-state index in [1.54, 1.807) is 0 Å². The molecule has 0 atom stereocenters. The van der Waals surface area contributed by atoms with Crippen molar-refractivity contribution in [2.75, 3.05) is 0 Å². The van der Waals surface area contributed by atoms with E-state index in [1.807, 2.05) is 36.4 Å². The van der Waals surface area contributed by atoms with Crippen LogP contribution in [0.4, 0.5) is 0 Å². The zero-order valence-corrected chi connectivity index (χ0v) is 18.7. The Hall–Kier alpha value is -3.76. The lowest BCUT2D eigenvalue weighted by atomic mass is 9.79. The number of para-hydroxylation sites is 1. The zero-order chi connectivity index (χ0) is 22.6. The molecule has 1 N–H and O–H groups in total. The van der Waals surface area contributed by atoms with Gasteiger partial charge < -0.3 is 5.02 Å². The molecule has 158 valence electrons. The maximum Gasteiger partial charge on any atom is 0.304 e. The Labute approximate surface area is 194 Å². The summed E-state index contributed by atoms with van der Waals surface area (Å²) in [6, 6.07) is 31.2. The summed E-state index contributed by atoms with van der Waals surface area (Å²) < 4.78 is 0. The first-order valence-corrected chi connectivity index (χ1v) is 11.3. The van der Waals surface area contributed by atoms with Gasteiger partial charge in [-0.1, -0.05) is 104 Å². The SMILES string of the molecule is CC1(C)c2cc(BO)ccc2-c2c(-c3nc(-c4ccccc4)nc4ccccc34)cccc21. The van der Waals surface area contributed by atoms with E-state index in [0.717, 1.165) is 39.0 Å². The second-order valence-electron chi connectivity index (χ2n) is 9.17. The quantitative estimate of drug-likeness (QED) is 0.402. The van der Waals surface area contributed by atoms with Gasteiger partial charge in [0, 0.05) is 21.9 Å². The molecule has 1 aliphatic rings. The van der Waals surface area contributed by atoms with Gasteiger partial charge in [-0.3, -0.25) is 0 Å². The molecule has 33 heavy (non-hydrogen) atoms. The molecule has 0 aliphatic heterocycles. The normalized spacial score (nSPS) is 13.5. The topological polar surface area (TPSA) is 46.0 Å². The minimum absolute atomic E-state index is 0.0452. The highest BCUT2D eigenvalue weighted by Gasteiger charge is 2.37. The first-order chi connectivity index (χ1) is 16.1. The molecular weight excluding hydrogens is 403 g/mol. The van der Waals surface area contributed by atoms with E-state index in [0.29, 0.717) is 0 Å². The van der Waals surface area contributed by atoms with Crippen LogP contribution in [-0.2, 0) is 5.41 Å². The maximum atomic E-state index is 9.73. The van der Waals surface area contributed by atoms with E-state index < -0.39 is 0 Å². The molecule has 0 saturated heterocycles. The smallest absolute Gasteiger partial charge is 0.304 e. The zero-order valence-electron chi connectivity index (χ0n) is 18.7. The molecule has 4 heteroatoms. The molecule has 0 bridgehead atoms. The monoisotopic (exact) mass is 426 g/mol. The fourth-order valence-corrected chi connectivity index (χ4v) is 5.13. The lowest BCUT2D eigenvalue weighted by molar-refractivity contribution is 0.615. The molecule has 1 aromatic heterocycles. The molecule has 0 spiro atoms. The lowest BCUT2D eigenvalue weighted by Gasteiger charge is -2.22. The largest absolute Gasteiger partial charge is 0.449 e. The molecule has 6 rings (SSSR count). The van der Waals surface area contributed by atoms with Crippen LogP contribution in [0.1, 0.15) is 25.0 Å². The van der Waals surface area contributed by atoms with Crippen LogP contribution in [0, 0.1) is 0 Å². The van der Waals surface area contributed by atoms with Crippen LogP contribution in [0.25, 0.3) is 44.7 Å². The third-order valence-electron chi connectivity index (χ3n) is 6.84. The Morgan fingerprint density at radius 1 is 0.727 bits per heavy atom. The van der Waals surface area contributed by atoms with E-state index in [1.165, 1.54) is 22.3 Å². The Morgan fingerprint density at radius 2 is 1.52 bits per heavy atom. The van der Waals surface area contributed by atoms with Crippen molar-refractivity contribution in [2.45, 2.75) is 19.3 Å². The summed E-state index contributed by atoms with van der Waals surface area (Å²) in [6.07, 6.45) is 0. The van der Waals surface area contributed by atoms with Crippen LogP contribution in [0.3, 0.4) is 0 Å². The molecule has 5 aromatic rings. The highest BCUT2D eigenvalue weighted by Crippen LogP contribution is 2.52. The average molecular weight is 426 g/mol. The first-order valence-electron chi connectivity index (χ1n) is 11.3. The van der Waals surface area contributed by atoms with Crippen molar-refractivity contribution in [3.05, 3.63) is 102 Å². The minimum Gasteiger partial charge on any atom is -0.449 e. The van der Waals surface area contributed by atoms with Gasteiger partial charge in [-0.05, 0) is 28.3 Å². The van der Waals surface area contributed by atoms with Crippen molar-refractivity contribution in [3.8, 4) is 33.8 Å². The van der Waals surface area contributed by atoms with Crippen LogP contribution in [0.15, 0.2) is 91.0 Å². The van der Waals surface area contributed by atoms with Gasteiger partial charge in [0.2, 0.25) is 0 Å². The van der Waals surface area contributed by atoms with Gasteiger partial charge in [0.25, 0.3) is 0 Å². The fourth-order valence-electron chi connectivity index (χ4n) is 5.13. The number of rotatable bonds is 3. The number of hydrogen-bond donors (Lipinski definition) is 1. The highest BCUT2D eigenvalue weighted by molar-refractivity contribution is 6.45. The van der Waals surface area contributed by atoms with Gasteiger partial charge in [-0.2, -0.15) is 0 Å². The second kappa shape index (κ2) is 7.40. The van der Waals surface area contributed by atoms with Crippen molar-refractivity contribution in [3.63, 3.8) is 0 Å². The van der Waals surface area contributed by atoms with Gasteiger partial charge in [-0.15, -0.1) is 0 Å². The summed E-state index contributed by atoms with van der Waals surface area (Å²) in [5, 5.41) is 10.8. The molecular formula is C29H23BN2O. The van der Waals surface area contributed by atoms with E-state index in [9.17, 15) is 5.02 Å². The molecule has 1 aliphatic carbocycles. The fraction of sp³-hybridized carbons (Fsp3) is 0.103. The number of aromatic nitrogens is 2. The molecule has 0 unspecified atom stereocenters. The summed E-state index contributed by atoms with van der Waals surface area (Å²) in [6.45, 7) is 4.52. The Bertz CT molecular complexity index is 1530. The van der Waals surface area contributed by atoms with Gasteiger partial charge in [0.1, 0.15) is 0 Å². The average Bonchev–Trinajstić information content (AvgIpc) is 3.10. The summed E-state index contributed by atoms with van der Waals surface area (Å²) in [5.41, 5.74) is 9.77. The van der Waals surface area contributed by atoms with Crippen LogP contribution < -0.4 is 5.46 Å². The molecule has 3 nitrogen and oxygen atoms in total. The van der Waals surface area contributed by atoms with Gasteiger partial charge in [0.15, 0.2) is 5.82 Å². The maximum absolute atomic E-state index is 9.73. The summed E-state index contributed by atoms with van der Waals surface area (Å²) in [5.74, 6) is 0.731. The Balaban J connectivity index is 1.68. The summed E-state index contributed by atoms with van der Waals surface area (Å²) in [7, 11) is 0.0452. The molecule has 0 saturated carbocycles. The van der Waals surface area contributed by atoms with Crippen LogP contribution >= 0.6 is 0 Å². The predicted octanol–water partition coefficient (Wildman–Crippen LogP) is 5.24. The molecule has 0 amide bonds. The number of hydrogen-bond acceptors (Lipinski definition) is 3. The summed E-state index contributed by atoms with van der Waals surface area (Å²) >= 11 is 0. The molecule has 0 radical (unpaired) electrons. The molecule has 1 heterocycles. The van der Waals surface area contributed by atoms with Crippen LogP contribution in [0.5, 0.6) is 0 Å². The van der Waals surface area contributed by atoms with E-state index in [-0.39, 0.29) is 12.9 Å². The molecule has 4 aromatic carbocycles. The van der Waals surface area contributed by atoms with Crippen molar-refractivity contribution in [2.24, 2.45) is 0 Å². The van der Waals surface area contributed by atoms with Gasteiger partial charge >= 0.3 is 7.48 Å². The van der Waals surface area contributed by atoms with E-state index >= 15 is 0 Å². The standard InChI is InChI=1S/C29H23BN2O/c1-29(2)23-13-8-12-22(26(23)20-16-15-19(30-33)17-24(20)29)27-21-11-6-7-14-25(21)31-28(32-27)18-9-4-3-5-10-18/h3-17,30,33H,1-2H3. The third kappa shape index (κ3) is 3.02. The second-order valence-corrected chi connectivity index (χ2v) is 9.17. The number of benzene rings is 4. The van der Waals surface area contributed by atoms with Crippen LogP contribution in [-0.4, -0.2) is 22.5 Å². The molecule has 0 fully saturated rings. The van der Waals surface area contributed by atoms with Gasteiger partial charge in [-0.25, -0.2) is 9.97 Å². The summed E-state index contributed by atoms with van der Waals surface area (Å²) in [4.78, 5) is 10.0. The number of nitrogens with zero attached hydrogens (tertiary/aromatic N) is 2. The van der Waals surface area contributed by atoms with Crippen molar-refractivity contribution < 1.29 is 5.02 Å². The first kappa shape index (κ1) is 19.9. The number of fused-ring (bicyclic) bond motifs is 4. The third-order valence-corrected chi connectivity index (χ3v) is 6.84. The van der Waals surface area contributed by atoms with Gasteiger partial charge in [0.05, 0.1) is 11.2 Å². The van der Waals surface area contributed by atoms with Crippen molar-refractivity contribution >= 4 is 23.8 Å². The van der Waals surface area contributed by atoms with E-state index in [2.05, 4.69) is 68.4 Å². The van der Waals surface area contributed by atoms with E-state index in [4.69, 9.17) is 9.97 Å². The minimum atomic E-state index is -0.156. The van der Waals surface area contributed by atoms with Crippen LogP contribution in [0.2, 0.25) is 0 Å². The Kier molecular flexibility index (Phi) is 4.46. The lowest BCUT2D eigenvalue weighted by Crippen LogP contribution is -2.20. The van der Waals surface area contributed by atoms with Crippen molar-refractivity contribution in [1.82, 2.24) is 9.97 Å². The highest BCUT2D eigenvalue weighted by atomic mass is 16.2. The Morgan fingerprint density at radius 3 is 2.33 bits per heavy atom. The predicted molar refractivity (Wildman–Crippen MR) is 137 cm³/mol. The van der Waals surface area contributed by atoms with Crippen molar-refractivity contribution in [1.29, 1.82) is 0 Å².